The van der Waals surface area contributed by atoms with E-state index >= 15 is 0 Å². The summed E-state index contributed by atoms with van der Waals surface area (Å²) < 4.78 is 4.71. The first-order valence-electron chi connectivity index (χ1n) is 3.21. The Morgan fingerprint density at radius 2 is 2.50 bits per heavy atom. The van der Waals surface area contributed by atoms with Gasteiger partial charge < -0.3 is 10.5 Å². The smallest absolute Gasteiger partial charge is 0.322 e. The molecule has 0 amide bonds. The Hall–Kier alpha value is -0.830. The molecule has 0 aliphatic heterocycles. The molecule has 0 bridgehead atoms. The topological polar surface area (TPSA) is 52.3 Å². The number of rotatable bonds is 4. The van der Waals surface area contributed by atoms with Crippen molar-refractivity contribution in [2.75, 3.05) is 6.61 Å². The molecule has 0 fully saturated rings. The van der Waals surface area contributed by atoms with Crippen molar-refractivity contribution < 1.29 is 9.53 Å². The van der Waals surface area contributed by atoms with Crippen LogP contribution in [0.25, 0.3) is 0 Å². The number of hydrogen-bond acceptors (Lipinski definition) is 3. The lowest BCUT2D eigenvalue weighted by Crippen LogP contribution is -2.28. The molecule has 0 saturated carbocycles. The Morgan fingerprint density at radius 3 is 2.90 bits per heavy atom. The number of hydrogen-bond donors (Lipinski definition) is 1. The van der Waals surface area contributed by atoms with Gasteiger partial charge in [0.1, 0.15) is 6.04 Å². The van der Waals surface area contributed by atoms with Crippen LogP contribution >= 0.6 is 0 Å². The third-order valence-corrected chi connectivity index (χ3v) is 0.938. The molecule has 10 heavy (non-hydrogen) atoms. The quantitative estimate of drug-likeness (QED) is 0.353. The van der Waals surface area contributed by atoms with E-state index in [1.165, 1.54) is 0 Å². The zero-order valence-electron chi connectivity index (χ0n) is 6.17. The van der Waals surface area contributed by atoms with Crippen LogP contribution in [0.3, 0.4) is 0 Å². The van der Waals surface area contributed by atoms with E-state index in [-0.39, 0.29) is 5.97 Å². The van der Waals surface area contributed by atoms with Crippen molar-refractivity contribution in [3.8, 4) is 0 Å². The lowest BCUT2D eigenvalue weighted by Gasteiger charge is -2.04. The Bertz CT molecular complexity index is 121. The van der Waals surface area contributed by atoms with Gasteiger partial charge in [-0.25, -0.2) is 0 Å². The molecule has 0 heterocycles. The number of carbonyl (C=O) groups excluding carboxylic acids is 1. The fourth-order valence-corrected chi connectivity index (χ4v) is 0.374. The van der Waals surface area contributed by atoms with Crippen molar-refractivity contribution in [2.24, 2.45) is 5.73 Å². The second-order valence-corrected chi connectivity index (χ2v) is 2.03. The highest BCUT2D eigenvalue weighted by atomic mass is 16.5. The van der Waals surface area contributed by atoms with E-state index in [4.69, 9.17) is 10.5 Å². The average molecular weight is 143 g/mol. The molecule has 0 aliphatic carbocycles. The first kappa shape index (κ1) is 9.17. The SMILES string of the molecule is C=CCCOC(=O)[C@H](C)N. The summed E-state index contributed by atoms with van der Waals surface area (Å²) in [4.78, 5) is 10.6. The van der Waals surface area contributed by atoms with Crippen molar-refractivity contribution in [1.29, 1.82) is 0 Å². The normalized spacial score (nSPS) is 12.2. The first-order valence-corrected chi connectivity index (χ1v) is 3.21. The molecule has 3 nitrogen and oxygen atoms in total. The highest BCUT2D eigenvalue weighted by Gasteiger charge is 2.06. The van der Waals surface area contributed by atoms with Gasteiger partial charge in [0.25, 0.3) is 0 Å². The van der Waals surface area contributed by atoms with E-state index in [0.717, 1.165) is 0 Å². The molecule has 0 aliphatic rings. The summed E-state index contributed by atoms with van der Waals surface area (Å²) in [7, 11) is 0. The second-order valence-electron chi connectivity index (χ2n) is 2.03. The van der Waals surface area contributed by atoms with Crippen molar-refractivity contribution in [3.05, 3.63) is 12.7 Å². The lowest BCUT2D eigenvalue weighted by atomic mass is 10.4. The minimum Gasteiger partial charge on any atom is -0.464 e. The standard InChI is InChI=1S/C7H13NO2/c1-3-4-5-10-7(9)6(2)8/h3,6H,1,4-5,8H2,2H3/t6-/m0/s1. The van der Waals surface area contributed by atoms with Crippen LogP contribution in [0.15, 0.2) is 12.7 Å². The molecule has 0 aromatic carbocycles. The van der Waals surface area contributed by atoms with Crippen LogP contribution in [0, 0.1) is 0 Å². The van der Waals surface area contributed by atoms with Crippen LogP contribution in [0.1, 0.15) is 13.3 Å². The fraction of sp³-hybridized carbons (Fsp3) is 0.571. The van der Waals surface area contributed by atoms with E-state index in [0.29, 0.717) is 13.0 Å². The summed E-state index contributed by atoms with van der Waals surface area (Å²) in [5, 5.41) is 0. The van der Waals surface area contributed by atoms with Crippen LogP contribution in [-0.2, 0) is 9.53 Å². The molecule has 0 rings (SSSR count). The minimum absolute atomic E-state index is 0.359. The van der Waals surface area contributed by atoms with E-state index in [2.05, 4.69) is 6.58 Å². The van der Waals surface area contributed by atoms with Gasteiger partial charge in [0, 0.05) is 0 Å². The molecule has 0 spiro atoms. The molecule has 0 radical (unpaired) electrons. The second kappa shape index (κ2) is 4.99. The number of ether oxygens (including phenoxy) is 1. The van der Waals surface area contributed by atoms with E-state index in [1.807, 2.05) is 0 Å². The zero-order chi connectivity index (χ0) is 7.98. The maximum atomic E-state index is 10.6. The summed E-state index contributed by atoms with van der Waals surface area (Å²) in [6, 6.07) is -0.523. The average Bonchev–Trinajstić information content (AvgIpc) is 1.88. The van der Waals surface area contributed by atoms with Gasteiger partial charge in [0.15, 0.2) is 0 Å². The predicted octanol–water partition coefficient (Wildman–Crippen LogP) is 0.453. The van der Waals surface area contributed by atoms with Gasteiger partial charge in [-0.15, -0.1) is 6.58 Å². The predicted molar refractivity (Wildman–Crippen MR) is 39.4 cm³/mol. The van der Waals surface area contributed by atoms with E-state index in [1.54, 1.807) is 13.0 Å². The zero-order valence-corrected chi connectivity index (χ0v) is 6.17. The molecule has 2 N–H and O–H groups in total. The lowest BCUT2D eigenvalue weighted by molar-refractivity contribution is -0.144. The summed E-state index contributed by atoms with van der Waals surface area (Å²) >= 11 is 0. The maximum absolute atomic E-state index is 10.6. The van der Waals surface area contributed by atoms with Crippen molar-refractivity contribution >= 4 is 5.97 Å². The van der Waals surface area contributed by atoms with Crippen LogP contribution in [-0.4, -0.2) is 18.6 Å². The van der Waals surface area contributed by atoms with Crippen LogP contribution in [0.4, 0.5) is 0 Å². The van der Waals surface area contributed by atoms with Gasteiger partial charge >= 0.3 is 5.97 Å². The molecule has 3 heteroatoms. The maximum Gasteiger partial charge on any atom is 0.322 e. The van der Waals surface area contributed by atoms with E-state index in [9.17, 15) is 4.79 Å². The van der Waals surface area contributed by atoms with Crippen molar-refractivity contribution in [3.63, 3.8) is 0 Å². The highest BCUT2D eigenvalue weighted by Crippen LogP contribution is 1.86. The van der Waals surface area contributed by atoms with Crippen molar-refractivity contribution in [2.45, 2.75) is 19.4 Å². The summed E-state index contributed by atoms with van der Waals surface area (Å²) in [5.41, 5.74) is 5.22. The molecule has 0 aromatic rings. The first-order chi connectivity index (χ1) is 4.68. The summed E-state index contributed by atoms with van der Waals surface area (Å²) in [5.74, 6) is -0.359. The molecule has 1 atom stereocenters. The van der Waals surface area contributed by atoms with Gasteiger partial charge in [-0.05, 0) is 13.3 Å². The summed E-state index contributed by atoms with van der Waals surface area (Å²) in [6.07, 6.45) is 2.37. The molecule has 0 saturated heterocycles. The van der Waals surface area contributed by atoms with Gasteiger partial charge in [0.05, 0.1) is 6.61 Å². The van der Waals surface area contributed by atoms with Gasteiger partial charge in [-0.2, -0.15) is 0 Å². The number of nitrogens with two attached hydrogens (primary N) is 1. The molecular formula is C7H13NO2. The fourth-order valence-electron chi connectivity index (χ4n) is 0.374. The van der Waals surface area contributed by atoms with Gasteiger partial charge in [0.2, 0.25) is 0 Å². The Labute approximate surface area is 60.9 Å². The molecular weight excluding hydrogens is 130 g/mol. The Balaban J connectivity index is 3.30. The minimum atomic E-state index is -0.523. The third kappa shape index (κ3) is 4.09. The van der Waals surface area contributed by atoms with Crippen LogP contribution in [0.2, 0.25) is 0 Å². The Morgan fingerprint density at radius 1 is 1.90 bits per heavy atom. The highest BCUT2D eigenvalue weighted by molar-refractivity contribution is 5.74. The van der Waals surface area contributed by atoms with Crippen LogP contribution in [0.5, 0.6) is 0 Å². The monoisotopic (exact) mass is 143 g/mol. The van der Waals surface area contributed by atoms with Gasteiger partial charge in [-0.3, -0.25) is 4.79 Å². The van der Waals surface area contributed by atoms with Gasteiger partial charge in [-0.1, -0.05) is 6.08 Å². The molecule has 0 aromatic heterocycles. The van der Waals surface area contributed by atoms with Crippen molar-refractivity contribution in [1.82, 2.24) is 0 Å². The van der Waals surface area contributed by atoms with E-state index < -0.39 is 6.04 Å². The number of esters is 1. The Kier molecular flexibility index (Phi) is 4.58. The summed E-state index contributed by atoms with van der Waals surface area (Å²) in [6.45, 7) is 5.45. The van der Waals surface area contributed by atoms with Crippen LogP contribution < -0.4 is 5.73 Å². The third-order valence-electron chi connectivity index (χ3n) is 0.938. The molecule has 58 valence electrons. The molecule has 0 unspecified atom stereocenters. The number of carbonyl (C=O) groups is 1. The largest absolute Gasteiger partial charge is 0.464 e.